The van der Waals surface area contributed by atoms with Gasteiger partial charge in [-0.2, -0.15) is 13.2 Å². The van der Waals surface area contributed by atoms with Crippen molar-refractivity contribution in [1.29, 1.82) is 0 Å². The molecule has 3 nitrogen and oxygen atoms in total. The molecule has 3 aliphatic rings. The van der Waals surface area contributed by atoms with Gasteiger partial charge in [-0.25, -0.2) is 0 Å². The Labute approximate surface area is 122 Å². The minimum atomic E-state index is -4.12. The van der Waals surface area contributed by atoms with Gasteiger partial charge in [0, 0.05) is 18.0 Å². The molecule has 2 bridgehead atoms. The zero-order valence-corrected chi connectivity index (χ0v) is 12.0. The number of amides is 1. The van der Waals surface area contributed by atoms with Gasteiger partial charge in [0.1, 0.15) is 0 Å². The zero-order valence-electron chi connectivity index (χ0n) is 12.0. The number of halogens is 3. The largest absolute Gasteiger partial charge is 0.393 e. The summed E-state index contributed by atoms with van der Waals surface area (Å²) < 4.78 is 38.0. The minimum absolute atomic E-state index is 0.0371. The number of fused-ring (bicyclic) bond motifs is 2. The summed E-state index contributed by atoms with van der Waals surface area (Å²) in [4.78, 5) is 14.5. The molecule has 1 amide bonds. The maximum absolute atomic E-state index is 12.7. The van der Waals surface area contributed by atoms with Gasteiger partial charge < -0.3 is 10.0 Å². The Kier molecular flexibility index (Phi) is 3.93. The lowest BCUT2D eigenvalue weighted by molar-refractivity contribution is -0.185. The first-order valence-corrected chi connectivity index (χ1v) is 7.93. The van der Waals surface area contributed by atoms with Gasteiger partial charge in [0.05, 0.1) is 12.0 Å². The van der Waals surface area contributed by atoms with Crippen LogP contribution in [0, 0.1) is 11.8 Å². The van der Waals surface area contributed by atoms with E-state index in [0.717, 1.165) is 12.8 Å². The van der Waals surface area contributed by atoms with E-state index in [1.807, 2.05) is 4.90 Å². The lowest BCUT2D eigenvalue weighted by Gasteiger charge is -2.40. The van der Waals surface area contributed by atoms with Gasteiger partial charge in [0.25, 0.3) is 0 Å². The monoisotopic (exact) mass is 305 g/mol. The van der Waals surface area contributed by atoms with E-state index in [1.54, 1.807) is 0 Å². The molecule has 2 heterocycles. The fraction of sp³-hybridized carbons (Fsp3) is 0.933. The van der Waals surface area contributed by atoms with Crippen molar-refractivity contribution in [3.05, 3.63) is 0 Å². The van der Waals surface area contributed by atoms with E-state index < -0.39 is 12.1 Å². The normalized spacial score (nSPS) is 40.4. The molecule has 120 valence electrons. The van der Waals surface area contributed by atoms with Gasteiger partial charge >= 0.3 is 6.18 Å². The van der Waals surface area contributed by atoms with Crippen molar-refractivity contribution in [2.75, 3.05) is 0 Å². The summed E-state index contributed by atoms with van der Waals surface area (Å²) in [5, 5.41) is 9.76. The van der Waals surface area contributed by atoms with Gasteiger partial charge in [-0.1, -0.05) is 0 Å². The van der Waals surface area contributed by atoms with E-state index in [-0.39, 0.29) is 42.9 Å². The first-order valence-electron chi connectivity index (χ1n) is 7.93. The summed E-state index contributed by atoms with van der Waals surface area (Å²) in [6, 6.07) is 0.207. The van der Waals surface area contributed by atoms with E-state index >= 15 is 0 Å². The van der Waals surface area contributed by atoms with Crippen LogP contribution in [0.4, 0.5) is 13.2 Å². The van der Waals surface area contributed by atoms with Crippen molar-refractivity contribution >= 4 is 5.91 Å². The molecule has 6 heteroatoms. The molecule has 2 atom stereocenters. The summed E-state index contributed by atoms with van der Waals surface area (Å²) in [5.74, 6) is -1.45. The first kappa shape index (κ1) is 15.1. The topological polar surface area (TPSA) is 40.5 Å². The second-order valence-electron chi connectivity index (χ2n) is 6.85. The van der Waals surface area contributed by atoms with Crippen LogP contribution in [-0.4, -0.2) is 40.3 Å². The van der Waals surface area contributed by atoms with Crippen LogP contribution in [0.25, 0.3) is 0 Å². The highest BCUT2D eigenvalue weighted by Crippen LogP contribution is 2.42. The average molecular weight is 305 g/mol. The summed E-state index contributed by atoms with van der Waals surface area (Å²) in [5.41, 5.74) is 0. The molecule has 0 radical (unpaired) electrons. The number of aliphatic hydroxyl groups excluding tert-OH is 1. The smallest absolute Gasteiger partial charge is 0.391 e. The number of carbonyl (C=O) groups excluding carboxylic acids is 1. The lowest BCUT2D eigenvalue weighted by atomic mass is 9.80. The SMILES string of the molecule is O=C(C1CCC(C(F)(F)F)CC1)N1C2CCC1CC(O)C2. The van der Waals surface area contributed by atoms with Crippen molar-refractivity contribution in [1.82, 2.24) is 4.90 Å². The number of carbonyl (C=O) groups is 1. The highest BCUT2D eigenvalue weighted by atomic mass is 19.4. The van der Waals surface area contributed by atoms with E-state index in [4.69, 9.17) is 0 Å². The Morgan fingerprint density at radius 1 is 0.952 bits per heavy atom. The number of rotatable bonds is 1. The van der Waals surface area contributed by atoms with E-state index in [0.29, 0.717) is 25.7 Å². The van der Waals surface area contributed by atoms with Crippen LogP contribution in [0.2, 0.25) is 0 Å². The fourth-order valence-corrected chi connectivity index (χ4v) is 4.39. The lowest BCUT2D eigenvalue weighted by Crippen LogP contribution is -2.50. The van der Waals surface area contributed by atoms with Crippen molar-refractivity contribution in [3.63, 3.8) is 0 Å². The van der Waals surface area contributed by atoms with E-state index in [1.165, 1.54) is 0 Å². The molecule has 2 unspecified atom stereocenters. The molecule has 1 N–H and O–H groups in total. The van der Waals surface area contributed by atoms with Crippen molar-refractivity contribution in [2.24, 2.45) is 11.8 Å². The number of hydrogen-bond donors (Lipinski definition) is 1. The molecule has 1 aliphatic carbocycles. The fourth-order valence-electron chi connectivity index (χ4n) is 4.39. The van der Waals surface area contributed by atoms with Crippen LogP contribution < -0.4 is 0 Å². The van der Waals surface area contributed by atoms with Crippen LogP contribution in [-0.2, 0) is 4.79 Å². The van der Waals surface area contributed by atoms with Crippen LogP contribution in [0.15, 0.2) is 0 Å². The number of alkyl halides is 3. The standard InChI is InChI=1S/C15H22F3NO2/c16-15(17,18)10-3-1-9(2-4-10)14(21)19-11-5-6-12(19)8-13(20)7-11/h9-13,20H,1-8H2. The third kappa shape index (κ3) is 2.91. The first-order chi connectivity index (χ1) is 9.86. The second-order valence-corrected chi connectivity index (χ2v) is 6.85. The van der Waals surface area contributed by atoms with Gasteiger partial charge in [-0.05, 0) is 51.4 Å². The molecule has 0 aromatic heterocycles. The number of nitrogens with zero attached hydrogens (tertiary/aromatic N) is 1. The summed E-state index contributed by atoms with van der Waals surface area (Å²) in [6.45, 7) is 0. The van der Waals surface area contributed by atoms with Crippen LogP contribution >= 0.6 is 0 Å². The molecule has 1 saturated carbocycles. The Balaban J connectivity index is 1.60. The van der Waals surface area contributed by atoms with Crippen molar-refractivity contribution in [2.45, 2.75) is 75.7 Å². The van der Waals surface area contributed by atoms with Gasteiger partial charge in [-0.15, -0.1) is 0 Å². The number of aliphatic hydroxyl groups is 1. The quantitative estimate of drug-likeness (QED) is 0.809. The third-order valence-corrected chi connectivity index (χ3v) is 5.50. The zero-order chi connectivity index (χ0) is 15.2. The van der Waals surface area contributed by atoms with Crippen LogP contribution in [0.1, 0.15) is 51.4 Å². The Hall–Kier alpha value is -0.780. The maximum Gasteiger partial charge on any atom is 0.391 e. The summed E-state index contributed by atoms with van der Waals surface area (Å²) in [6.07, 6.45) is -0.507. The highest BCUT2D eigenvalue weighted by Gasteiger charge is 2.47. The summed E-state index contributed by atoms with van der Waals surface area (Å²) >= 11 is 0. The Morgan fingerprint density at radius 2 is 1.48 bits per heavy atom. The second kappa shape index (κ2) is 5.45. The molecule has 0 aromatic rings. The molecule has 0 aromatic carbocycles. The predicted octanol–water partition coefficient (Wildman–Crippen LogP) is 2.87. The van der Waals surface area contributed by atoms with Crippen molar-refractivity contribution < 1.29 is 23.1 Å². The minimum Gasteiger partial charge on any atom is -0.393 e. The van der Waals surface area contributed by atoms with Crippen LogP contribution in [0.5, 0.6) is 0 Å². The molecule has 3 fully saturated rings. The number of hydrogen-bond acceptors (Lipinski definition) is 2. The molecule has 2 saturated heterocycles. The molecule has 3 rings (SSSR count). The third-order valence-electron chi connectivity index (χ3n) is 5.50. The van der Waals surface area contributed by atoms with Gasteiger partial charge in [-0.3, -0.25) is 4.79 Å². The Morgan fingerprint density at radius 3 is 1.95 bits per heavy atom. The maximum atomic E-state index is 12.7. The van der Waals surface area contributed by atoms with Crippen LogP contribution in [0.3, 0.4) is 0 Å². The van der Waals surface area contributed by atoms with Gasteiger partial charge in [0.15, 0.2) is 0 Å². The van der Waals surface area contributed by atoms with E-state index in [9.17, 15) is 23.1 Å². The van der Waals surface area contributed by atoms with Gasteiger partial charge in [0.2, 0.25) is 5.91 Å². The summed E-state index contributed by atoms with van der Waals surface area (Å²) in [7, 11) is 0. The molecule has 2 aliphatic heterocycles. The van der Waals surface area contributed by atoms with Crippen molar-refractivity contribution in [3.8, 4) is 0 Å². The predicted molar refractivity (Wildman–Crippen MR) is 70.4 cm³/mol. The molecular weight excluding hydrogens is 283 g/mol. The molecule has 0 spiro atoms. The highest BCUT2D eigenvalue weighted by molar-refractivity contribution is 5.80. The van der Waals surface area contributed by atoms with E-state index in [2.05, 4.69) is 0 Å². The molecule has 21 heavy (non-hydrogen) atoms. The molecular formula is C15H22F3NO2. The Bertz CT molecular complexity index is 390. The number of piperidine rings is 1. The average Bonchev–Trinajstić information content (AvgIpc) is 2.69.